The van der Waals surface area contributed by atoms with Gasteiger partial charge in [0.2, 0.25) is 6.41 Å². The predicted molar refractivity (Wildman–Crippen MR) is 135 cm³/mol. The van der Waals surface area contributed by atoms with Crippen LogP contribution in [0.25, 0.3) is 0 Å². The summed E-state index contributed by atoms with van der Waals surface area (Å²) in [5.41, 5.74) is 5.16. The number of allylic oxidation sites excluding steroid dienone is 6. The van der Waals surface area contributed by atoms with Crippen LogP contribution < -0.4 is 11.1 Å². The number of hydrogen-bond donors (Lipinski definition) is 2. The molecule has 0 atom stereocenters. The summed E-state index contributed by atoms with van der Waals surface area (Å²) in [5.74, 6) is 0.194. The maximum atomic E-state index is 9.66. The molecule has 0 bridgehead atoms. The highest BCUT2D eigenvalue weighted by Crippen LogP contribution is 2.07. The van der Waals surface area contributed by atoms with Crippen molar-refractivity contribution in [3.05, 3.63) is 48.7 Å². The molecule has 0 radical (unpaired) electrons. The molecule has 3 N–H and O–H groups in total. The molecule has 1 rings (SSSR count). The minimum absolute atomic E-state index is 0.194. The Kier molecular flexibility index (Phi) is 28.8. The zero-order valence-corrected chi connectivity index (χ0v) is 20.5. The monoisotopic (exact) mass is 465 g/mol. The van der Waals surface area contributed by atoms with Crippen molar-refractivity contribution in [2.24, 2.45) is 10.7 Å². The lowest BCUT2D eigenvalue weighted by molar-refractivity contribution is -0.141. The number of unbranched alkanes of at least 4 members (excludes halogenated alkanes) is 6. The molecule has 0 aromatic heterocycles. The molecule has 0 aromatic carbocycles. The molecule has 188 valence electrons. The molecule has 0 spiro atoms. The Labute approximate surface area is 199 Å². The Bertz CT molecular complexity index is 581. The number of amides is 1. The molecule has 1 amide bonds. The maximum Gasteiger partial charge on any atom is 0.293 e. The number of carbonyl (C=O) groups is 2. The van der Waals surface area contributed by atoms with Gasteiger partial charge in [0, 0.05) is 7.05 Å². The van der Waals surface area contributed by atoms with Gasteiger partial charge in [0.15, 0.2) is 6.29 Å². The van der Waals surface area contributed by atoms with Crippen molar-refractivity contribution in [3.63, 3.8) is 0 Å². The third-order valence-electron chi connectivity index (χ3n) is 4.00. The predicted octanol–water partition coefficient (Wildman–Crippen LogP) is 4.19. The highest BCUT2D eigenvalue weighted by atomic mass is 16.7. The first kappa shape index (κ1) is 32.5. The average molecular weight is 466 g/mol. The van der Waals surface area contributed by atoms with Crippen molar-refractivity contribution in [1.82, 2.24) is 5.32 Å². The van der Waals surface area contributed by atoms with Gasteiger partial charge >= 0.3 is 0 Å². The fraction of sp³-hybridized carbons (Fsp3) is 0.560. The third-order valence-corrected chi connectivity index (χ3v) is 4.00. The highest BCUT2D eigenvalue weighted by Gasteiger charge is 2.15. The molecule has 1 aliphatic rings. The number of ether oxygens (including phenoxy) is 3. The van der Waals surface area contributed by atoms with Crippen LogP contribution >= 0.6 is 0 Å². The van der Waals surface area contributed by atoms with E-state index < -0.39 is 0 Å². The summed E-state index contributed by atoms with van der Waals surface area (Å²) in [7, 11) is 1.73. The largest absolute Gasteiger partial charge is 0.462 e. The van der Waals surface area contributed by atoms with Crippen LogP contribution in [0.15, 0.2) is 53.7 Å². The quantitative estimate of drug-likeness (QED) is 0.123. The summed E-state index contributed by atoms with van der Waals surface area (Å²) < 4.78 is 14.3. The van der Waals surface area contributed by atoms with Gasteiger partial charge in [0.05, 0.1) is 13.2 Å². The lowest BCUT2D eigenvalue weighted by atomic mass is 10.1. The number of hydrogen-bond acceptors (Lipinski definition) is 6. The molecule has 0 unspecified atom stereocenters. The van der Waals surface area contributed by atoms with E-state index in [2.05, 4.69) is 52.3 Å². The zero-order chi connectivity index (χ0) is 24.8. The number of carbonyl (C=O) groups excluding carboxylic acids is 2. The summed E-state index contributed by atoms with van der Waals surface area (Å²) in [5, 5.41) is 2.70. The van der Waals surface area contributed by atoms with Gasteiger partial charge in [-0.05, 0) is 32.0 Å². The molecule has 0 saturated carbocycles. The van der Waals surface area contributed by atoms with Crippen LogP contribution in [0.3, 0.4) is 0 Å². The molecular formula is C25H43N3O5. The first-order valence-electron chi connectivity index (χ1n) is 11.5. The molecule has 1 saturated heterocycles. The number of nitrogens with one attached hydrogen (secondary N) is 1. The molecule has 33 heavy (non-hydrogen) atoms. The van der Waals surface area contributed by atoms with Gasteiger partial charge < -0.3 is 25.3 Å². The van der Waals surface area contributed by atoms with Gasteiger partial charge in [-0.15, -0.1) is 0 Å². The third kappa shape index (κ3) is 29.3. The average Bonchev–Trinajstić information content (AvgIpc) is 3.35. The molecule has 1 heterocycles. The van der Waals surface area contributed by atoms with Gasteiger partial charge in [-0.1, -0.05) is 75.5 Å². The molecule has 0 aliphatic carbocycles. The summed E-state index contributed by atoms with van der Waals surface area (Å²) in [6, 6.07) is 0. The van der Waals surface area contributed by atoms with Crippen LogP contribution in [-0.4, -0.2) is 51.9 Å². The van der Waals surface area contributed by atoms with Crippen LogP contribution in [0.5, 0.6) is 0 Å². The van der Waals surface area contributed by atoms with Crippen molar-refractivity contribution in [2.45, 2.75) is 65.1 Å². The van der Waals surface area contributed by atoms with Gasteiger partial charge in [-0.3, -0.25) is 9.59 Å². The van der Waals surface area contributed by atoms with E-state index >= 15 is 0 Å². The summed E-state index contributed by atoms with van der Waals surface area (Å²) in [6.07, 6.45) is 25.3. The van der Waals surface area contributed by atoms with E-state index in [1.54, 1.807) is 13.2 Å². The Hall–Kier alpha value is -2.71. The standard InChI is InChI=1S/C15H26.C5H9N3O.C5H8O4/c1-3-5-7-9-11-13-15-14-12-10-8-6-4-2;1-7-3-2-5(6)8-4-9;6-4-7-3-5-8-1-2-9-5/h3,5,7,9,11,13H,4,6,8,10,12,14-15H2,1-2H3;2-4,7H,1H3,(H2,6,8,9);4-5H,1-3H2/b5-3-,9-7-,13-11+;3-2-;. The topological polar surface area (TPSA) is 112 Å². The SMILES string of the molecule is CN/C=C\C(N)=NC=O.C\C=C/C=C\C=C\CCCCCCCC.O=COCC1OCCO1. The van der Waals surface area contributed by atoms with Gasteiger partial charge in [0.1, 0.15) is 12.4 Å². The zero-order valence-electron chi connectivity index (χ0n) is 20.5. The second kappa shape index (κ2) is 29.3. The van der Waals surface area contributed by atoms with E-state index in [-0.39, 0.29) is 18.7 Å². The van der Waals surface area contributed by atoms with Crippen LogP contribution in [0, 0.1) is 0 Å². The molecule has 1 fully saturated rings. The second-order valence-electron chi connectivity index (χ2n) is 6.78. The van der Waals surface area contributed by atoms with Crippen LogP contribution in [0.1, 0.15) is 58.8 Å². The van der Waals surface area contributed by atoms with Crippen molar-refractivity contribution in [3.8, 4) is 0 Å². The minimum atomic E-state index is -0.338. The fourth-order valence-electron chi connectivity index (χ4n) is 2.35. The van der Waals surface area contributed by atoms with Crippen molar-refractivity contribution in [1.29, 1.82) is 0 Å². The van der Waals surface area contributed by atoms with Gasteiger partial charge in [0.25, 0.3) is 6.47 Å². The first-order chi connectivity index (χ1) is 16.2. The second-order valence-corrected chi connectivity index (χ2v) is 6.78. The number of nitrogens with zero attached hydrogens (tertiary/aromatic N) is 1. The lowest BCUT2D eigenvalue weighted by Gasteiger charge is -2.04. The van der Waals surface area contributed by atoms with Crippen LogP contribution in [-0.2, 0) is 23.8 Å². The van der Waals surface area contributed by atoms with E-state index in [0.717, 1.165) is 0 Å². The van der Waals surface area contributed by atoms with E-state index in [9.17, 15) is 9.59 Å². The molecule has 0 aromatic rings. The lowest BCUT2D eigenvalue weighted by Crippen LogP contribution is -2.15. The van der Waals surface area contributed by atoms with Crippen molar-refractivity contribution >= 4 is 18.7 Å². The fourth-order valence-corrected chi connectivity index (χ4v) is 2.35. The Morgan fingerprint density at radius 2 is 1.73 bits per heavy atom. The van der Waals surface area contributed by atoms with E-state index in [1.165, 1.54) is 51.0 Å². The summed E-state index contributed by atoms with van der Waals surface area (Å²) in [6.45, 7) is 6.05. The number of nitrogens with two attached hydrogens (primary N) is 1. The highest BCUT2D eigenvalue weighted by molar-refractivity contribution is 5.95. The van der Waals surface area contributed by atoms with E-state index in [4.69, 9.17) is 15.2 Å². The summed E-state index contributed by atoms with van der Waals surface area (Å²) >= 11 is 0. The van der Waals surface area contributed by atoms with Crippen molar-refractivity contribution in [2.75, 3.05) is 26.9 Å². The molecule has 1 aliphatic heterocycles. The normalized spacial score (nSPS) is 14.3. The maximum absolute atomic E-state index is 9.66. The summed E-state index contributed by atoms with van der Waals surface area (Å²) in [4.78, 5) is 22.5. The molecular weight excluding hydrogens is 422 g/mol. The Morgan fingerprint density at radius 1 is 1.06 bits per heavy atom. The number of amidine groups is 1. The van der Waals surface area contributed by atoms with Crippen molar-refractivity contribution < 1.29 is 23.8 Å². The van der Waals surface area contributed by atoms with Gasteiger partial charge in [-0.25, -0.2) is 0 Å². The molecule has 8 nitrogen and oxygen atoms in total. The first-order valence-corrected chi connectivity index (χ1v) is 11.5. The Balaban J connectivity index is 0. The number of rotatable bonds is 15. The smallest absolute Gasteiger partial charge is 0.293 e. The van der Waals surface area contributed by atoms with E-state index in [1.807, 2.05) is 13.0 Å². The molecule has 8 heteroatoms. The van der Waals surface area contributed by atoms with Gasteiger partial charge in [-0.2, -0.15) is 4.99 Å². The van der Waals surface area contributed by atoms with Crippen LogP contribution in [0.4, 0.5) is 0 Å². The van der Waals surface area contributed by atoms with E-state index in [0.29, 0.717) is 26.1 Å². The minimum Gasteiger partial charge on any atom is -0.462 e. The van der Waals surface area contributed by atoms with Crippen LogP contribution in [0.2, 0.25) is 0 Å². The number of aliphatic imine (C=N–C) groups is 1. The Morgan fingerprint density at radius 3 is 2.33 bits per heavy atom.